The second-order valence-electron chi connectivity index (χ2n) is 6.36. The van der Waals surface area contributed by atoms with Crippen molar-refractivity contribution in [2.75, 3.05) is 17.9 Å². The van der Waals surface area contributed by atoms with E-state index in [1.165, 1.54) is 31.3 Å². The molecule has 1 aromatic heterocycles. The minimum atomic E-state index is -3.71. The van der Waals surface area contributed by atoms with E-state index < -0.39 is 10.0 Å². The Morgan fingerprint density at radius 2 is 1.97 bits per heavy atom. The molecule has 0 bridgehead atoms. The van der Waals surface area contributed by atoms with E-state index in [2.05, 4.69) is 10.3 Å². The Morgan fingerprint density at radius 3 is 2.62 bits per heavy atom. The number of rotatable bonds is 8. The number of hydrogen-bond acceptors (Lipinski definition) is 4. The van der Waals surface area contributed by atoms with Crippen molar-refractivity contribution >= 4 is 33.2 Å². The van der Waals surface area contributed by atoms with Crippen LogP contribution in [0.25, 0.3) is 0 Å². The van der Waals surface area contributed by atoms with E-state index in [9.17, 15) is 13.2 Å². The van der Waals surface area contributed by atoms with Gasteiger partial charge in [0.1, 0.15) is 0 Å². The van der Waals surface area contributed by atoms with Gasteiger partial charge in [-0.15, -0.1) is 0 Å². The van der Waals surface area contributed by atoms with Crippen LogP contribution in [0.4, 0.5) is 5.69 Å². The van der Waals surface area contributed by atoms with Crippen LogP contribution in [-0.2, 0) is 16.6 Å². The molecule has 0 unspecified atom stereocenters. The zero-order valence-electron chi connectivity index (χ0n) is 15.8. The lowest BCUT2D eigenvalue weighted by molar-refractivity contribution is 0.0953. The highest BCUT2D eigenvalue weighted by Crippen LogP contribution is 2.27. The number of nitrogens with zero attached hydrogens (tertiary/aromatic N) is 3. The molecule has 0 spiro atoms. The Balaban J connectivity index is 1.65. The second kappa shape index (κ2) is 9.11. The molecule has 1 heterocycles. The lowest BCUT2D eigenvalue weighted by Gasteiger charge is -2.20. The third kappa shape index (κ3) is 4.96. The predicted octanol–water partition coefficient (Wildman–Crippen LogP) is 3.18. The summed E-state index contributed by atoms with van der Waals surface area (Å²) in [6, 6.07) is 12.7. The number of amides is 1. The maximum absolute atomic E-state index is 12.7. The topological polar surface area (TPSA) is 84.3 Å². The zero-order chi connectivity index (χ0) is 20.9. The molecule has 29 heavy (non-hydrogen) atoms. The summed E-state index contributed by atoms with van der Waals surface area (Å²) >= 11 is 6.26. The Labute approximate surface area is 175 Å². The minimum Gasteiger partial charge on any atom is -0.352 e. The van der Waals surface area contributed by atoms with Crippen LogP contribution >= 0.6 is 11.6 Å². The number of hydrogen-bond donors (Lipinski definition) is 1. The van der Waals surface area contributed by atoms with Crippen molar-refractivity contribution in [3.8, 4) is 0 Å². The molecule has 9 heteroatoms. The van der Waals surface area contributed by atoms with Gasteiger partial charge in [0.2, 0.25) is 0 Å². The molecule has 3 rings (SSSR count). The standard InChI is InChI=1S/C20H21ClN4O3S/c1-24(29(27,28)17-6-3-2-4-7-17)16-8-9-18(19(21)14-16)20(26)23-10-5-12-25-13-11-22-15-25/h2-4,6-9,11,13-15H,5,10,12H2,1H3,(H,23,26). The number of anilines is 1. The molecule has 2 aromatic carbocycles. The Kier molecular flexibility index (Phi) is 6.56. The Morgan fingerprint density at radius 1 is 1.21 bits per heavy atom. The minimum absolute atomic E-state index is 0.179. The second-order valence-corrected chi connectivity index (χ2v) is 8.74. The maximum Gasteiger partial charge on any atom is 0.264 e. The summed E-state index contributed by atoms with van der Waals surface area (Å²) in [4.78, 5) is 16.5. The van der Waals surface area contributed by atoms with E-state index in [-0.39, 0.29) is 15.8 Å². The van der Waals surface area contributed by atoms with Gasteiger partial charge in [-0.3, -0.25) is 9.10 Å². The molecule has 0 radical (unpaired) electrons. The first kappa shape index (κ1) is 20.9. The van der Waals surface area contributed by atoms with Gasteiger partial charge in [0.25, 0.3) is 15.9 Å². The van der Waals surface area contributed by atoms with E-state index in [1.54, 1.807) is 36.8 Å². The first-order valence-corrected chi connectivity index (χ1v) is 10.8. The molecule has 0 aliphatic rings. The maximum atomic E-state index is 12.7. The Bertz CT molecular complexity index is 1070. The van der Waals surface area contributed by atoms with Crippen molar-refractivity contribution in [2.45, 2.75) is 17.9 Å². The molecular formula is C20H21ClN4O3S. The molecule has 0 aliphatic carbocycles. The van der Waals surface area contributed by atoms with Crippen molar-refractivity contribution in [1.82, 2.24) is 14.9 Å². The number of aromatic nitrogens is 2. The third-order valence-electron chi connectivity index (χ3n) is 4.40. The Hall–Kier alpha value is -2.84. The lowest BCUT2D eigenvalue weighted by Crippen LogP contribution is -2.27. The van der Waals surface area contributed by atoms with Crippen molar-refractivity contribution in [2.24, 2.45) is 0 Å². The molecule has 3 aromatic rings. The summed E-state index contributed by atoms with van der Waals surface area (Å²) in [5, 5.41) is 3.00. The number of carbonyl (C=O) groups excluding carboxylic acids is 1. The van der Waals surface area contributed by atoms with Crippen LogP contribution in [0.3, 0.4) is 0 Å². The van der Waals surface area contributed by atoms with Gasteiger partial charge in [0.05, 0.1) is 27.5 Å². The first-order valence-electron chi connectivity index (χ1n) is 8.97. The van der Waals surface area contributed by atoms with Crippen LogP contribution in [0.1, 0.15) is 16.8 Å². The highest BCUT2D eigenvalue weighted by Gasteiger charge is 2.22. The van der Waals surface area contributed by atoms with Crippen LogP contribution in [0.2, 0.25) is 5.02 Å². The van der Waals surface area contributed by atoms with Gasteiger partial charge in [0.15, 0.2) is 0 Å². The van der Waals surface area contributed by atoms with Crippen molar-refractivity contribution in [1.29, 1.82) is 0 Å². The summed E-state index contributed by atoms with van der Waals surface area (Å²) in [6.45, 7) is 1.23. The van der Waals surface area contributed by atoms with Gasteiger partial charge in [-0.05, 0) is 36.8 Å². The number of carbonyl (C=O) groups is 1. The monoisotopic (exact) mass is 432 g/mol. The van der Waals surface area contributed by atoms with Crippen LogP contribution < -0.4 is 9.62 Å². The van der Waals surface area contributed by atoms with Gasteiger partial charge in [-0.2, -0.15) is 0 Å². The summed E-state index contributed by atoms with van der Waals surface area (Å²) in [5.41, 5.74) is 0.666. The van der Waals surface area contributed by atoms with Gasteiger partial charge >= 0.3 is 0 Å². The normalized spacial score (nSPS) is 11.2. The summed E-state index contributed by atoms with van der Waals surface area (Å²) in [6.07, 6.45) is 6.03. The average Bonchev–Trinajstić information content (AvgIpc) is 3.24. The van der Waals surface area contributed by atoms with E-state index >= 15 is 0 Å². The van der Waals surface area contributed by atoms with E-state index in [0.29, 0.717) is 17.8 Å². The first-order chi connectivity index (χ1) is 13.9. The average molecular weight is 433 g/mol. The largest absolute Gasteiger partial charge is 0.352 e. The predicted molar refractivity (Wildman–Crippen MR) is 113 cm³/mol. The van der Waals surface area contributed by atoms with Crippen molar-refractivity contribution in [3.05, 3.63) is 77.8 Å². The van der Waals surface area contributed by atoms with E-state index in [0.717, 1.165) is 17.3 Å². The van der Waals surface area contributed by atoms with Gasteiger partial charge in [-0.1, -0.05) is 29.8 Å². The van der Waals surface area contributed by atoms with Gasteiger partial charge in [-0.25, -0.2) is 13.4 Å². The van der Waals surface area contributed by atoms with Crippen LogP contribution in [0.15, 0.2) is 72.1 Å². The highest BCUT2D eigenvalue weighted by atomic mass is 35.5. The van der Waals surface area contributed by atoms with Crippen LogP contribution in [-0.4, -0.2) is 37.5 Å². The SMILES string of the molecule is CN(c1ccc(C(=O)NCCCn2ccnc2)c(Cl)c1)S(=O)(=O)c1ccccc1. The molecule has 1 N–H and O–H groups in total. The summed E-state index contributed by atoms with van der Waals surface area (Å²) in [5.74, 6) is -0.305. The zero-order valence-corrected chi connectivity index (χ0v) is 17.4. The van der Waals surface area contributed by atoms with Crippen LogP contribution in [0.5, 0.6) is 0 Å². The van der Waals surface area contributed by atoms with E-state index in [4.69, 9.17) is 11.6 Å². The molecule has 7 nitrogen and oxygen atoms in total. The molecule has 0 saturated heterocycles. The van der Waals surface area contributed by atoms with Crippen LogP contribution in [0, 0.1) is 0 Å². The van der Waals surface area contributed by atoms with Crippen molar-refractivity contribution in [3.63, 3.8) is 0 Å². The number of nitrogens with one attached hydrogen (secondary N) is 1. The van der Waals surface area contributed by atoms with E-state index in [1.807, 2.05) is 10.8 Å². The summed E-state index contributed by atoms with van der Waals surface area (Å²) in [7, 11) is -2.27. The molecular weight excluding hydrogens is 412 g/mol. The number of imidazole rings is 1. The number of aryl methyl sites for hydroxylation is 1. The summed E-state index contributed by atoms with van der Waals surface area (Å²) < 4.78 is 28.5. The molecule has 0 atom stereocenters. The molecule has 0 aliphatic heterocycles. The molecule has 1 amide bonds. The smallest absolute Gasteiger partial charge is 0.264 e. The van der Waals surface area contributed by atoms with Gasteiger partial charge < -0.3 is 9.88 Å². The quantitative estimate of drug-likeness (QED) is 0.554. The number of benzene rings is 2. The molecule has 0 saturated carbocycles. The fraction of sp³-hybridized carbons (Fsp3) is 0.200. The fourth-order valence-electron chi connectivity index (χ4n) is 2.75. The van der Waals surface area contributed by atoms with Gasteiger partial charge in [0, 0.05) is 32.5 Å². The third-order valence-corrected chi connectivity index (χ3v) is 6.51. The fourth-order valence-corrected chi connectivity index (χ4v) is 4.22. The highest BCUT2D eigenvalue weighted by molar-refractivity contribution is 7.92. The molecule has 152 valence electrons. The number of sulfonamides is 1. The molecule has 0 fully saturated rings. The number of halogens is 1. The van der Waals surface area contributed by atoms with Crippen molar-refractivity contribution < 1.29 is 13.2 Å². The lowest BCUT2D eigenvalue weighted by atomic mass is 10.2.